The molecule has 0 heterocycles. The van der Waals surface area contributed by atoms with Gasteiger partial charge in [-0.2, -0.15) is 0 Å². The summed E-state index contributed by atoms with van der Waals surface area (Å²) < 4.78 is 18.6. The Balaban J connectivity index is 1.99. The number of benzene rings is 2. The van der Waals surface area contributed by atoms with E-state index in [1.807, 2.05) is 43.3 Å². The molecule has 0 bridgehead atoms. The third-order valence-electron chi connectivity index (χ3n) is 2.98. The minimum absolute atomic E-state index is 0.0837. The van der Waals surface area contributed by atoms with Gasteiger partial charge in [-0.05, 0) is 29.8 Å². The fraction of sp³-hybridized carbons (Fsp3) is 0.250. The van der Waals surface area contributed by atoms with Gasteiger partial charge in [-0.1, -0.05) is 18.2 Å². The van der Waals surface area contributed by atoms with E-state index in [9.17, 15) is 9.50 Å². The van der Waals surface area contributed by atoms with E-state index in [1.165, 1.54) is 12.1 Å². The van der Waals surface area contributed by atoms with Crippen LogP contribution < -0.4 is 9.64 Å². The Labute approximate surface area is 118 Å². The highest BCUT2D eigenvalue weighted by molar-refractivity contribution is 5.49. The molecule has 20 heavy (non-hydrogen) atoms. The van der Waals surface area contributed by atoms with Crippen LogP contribution in [-0.2, 0) is 0 Å². The number of nitrogens with zero attached hydrogens (tertiary/aromatic N) is 1. The summed E-state index contributed by atoms with van der Waals surface area (Å²) in [5, 5.41) is 9.98. The maximum Gasteiger partial charge on any atom is 0.123 e. The molecule has 2 aromatic rings. The molecule has 2 rings (SSSR count). The van der Waals surface area contributed by atoms with Gasteiger partial charge < -0.3 is 14.7 Å². The third-order valence-corrected chi connectivity index (χ3v) is 2.98. The van der Waals surface area contributed by atoms with Gasteiger partial charge in [0.25, 0.3) is 0 Å². The van der Waals surface area contributed by atoms with Crippen molar-refractivity contribution in [1.29, 1.82) is 0 Å². The van der Waals surface area contributed by atoms with Crippen LogP contribution in [0.25, 0.3) is 0 Å². The number of ether oxygens (including phenoxy) is 1. The van der Waals surface area contributed by atoms with Crippen LogP contribution in [0, 0.1) is 5.82 Å². The molecule has 2 aromatic carbocycles. The molecule has 0 radical (unpaired) electrons. The van der Waals surface area contributed by atoms with Gasteiger partial charge in [-0.25, -0.2) is 4.39 Å². The number of aliphatic hydroxyl groups is 1. The summed E-state index contributed by atoms with van der Waals surface area (Å²) in [6.07, 6.45) is -0.853. The Morgan fingerprint density at radius 3 is 2.60 bits per heavy atom. The molecule has 0 amide bonds. The predicted octanol–water partition coefficient (Wildman–Crippen LogP) is 3.00. The summed E-state index contributed by atoms with van der Waals surface area (Å²) in [5.41, 5.74) is 1.52. The fourth-order valence-corrected chi connectivity index (χ4v) is 1.84. The average molecular weight is 275 g/mol. The van der Waals surface area contributed by atoms with Crippen molar-refractivity contribution in [2.45, 2.75) is 6.10 Å². The average Bonchev–Trinajstić information content (AvgIpc) is 2.45. The van der Waals surface area contributed by atoms with Crippen LogP contribution in [0.2, 0.25) is 0 Å². The van der Waals surface area contributed by atoms with E-state index in [0.29, 0.717) is 11.3 Å². The monoisotopic (exact) mass is 275 g/mol. The predicted molar refractivity (Wildman–Crippen MR) is 77.6 cm³/mol. The minimum Gasteiger partial charge on any atom is -0.490 e. The van der Waals surface area contributed by atoms with Crippen LogP contribution >= 0.6 is 0 Å². The van der Waals surface area contributed by atoms with Gasteiger partial charge in [0.05, 0.1) is 0 Å². The molecule has 4 heteroatoms. The van der Waals surface area contributed by atoms with Crippen molar-refractivity contribution >= 4 is 5.69 Å². The molecule has 106 valence electrons. The largest absolute Gasteiger partial charge is 0.490 e. The van der Waals surface area contributed by atoms with Gasteiger partial charge in [0.15, 0.2) is 0 Å². The van der Waals surface area contributed by atoms with Gasteiger partial charge in [0.1, 0.15) is 24.3 Å². The fourth-order valence-electron chi connectivity index (χ4n) is 1.84. The third kappa shape index (κ3) is 3.71. The van der Waals surface area contributed by atoms with Gasteiger partial charge in [0, 0.05) is 25.8 Å². The van der Waals surface area contributed by atoms with Crippen LogP contribution in [0.3, 0.4) is 0 Å². The lowest BCUT2D eigenvalue weighted by Gasteiger charge is -2.16. The van der Waals surface area contributed by atoms with Crippen molar-refractivity contribution in [1.82, 2.24) is 0 Å². The van der Waals surface area contributed by atoms with Crippen molar-refractivity contribution < 1.29 is 14.2 Å². The summed E-state index contributed by atoms with van der Waals surface area (Å²) in [7, 11) is 3.89. The first-order valence-electron chi connectivity index (χ1n) is 6.40. The zero-order chi connectivity index (χ0) is 14.5. The zero-order valence-corrected chi connectivity index (χ0v) is 11.6. The molecule has 0 aromatic heterocycles. The number of hydrogen-bond donors (Lipinski definition) is 1. The van der Waals surface area contributed by atoms with E-state index in [2.05, 4.69) is 0 Å². The second kappa shape index (κ2) is 6.39. The van der Waals surface area contributed by atoms with Crippen molar-refractivity contribution in [3.05, 3.63) is 59.9 Å². The lowest BCUT2D eigenvalue weighted by atomic mass is 10.1. The molecule has 0 fully saturated rings. The summed E-state index contributed by atoms with van der Waals surface area (Å²) in [5.74, 6) is 0.308. The van der Waals surface area contributed by atoms with E-state index in [0.717, 1.165) is 5.69 Å². The molecule has 1 N–H and O–H groups in total. The van der Waals surface area contributed by atoms with E-state index >= 15 is 0 Å². The van der Waals surface area contributed by atoms with Gasteiger partial charge in [-0.3, -0.25) is 0 Å². The topological polar surface area (TPSA) is 32.7 Å². The first kappa shape index (κ1) is 14.3. The highest BCUT2D eigenvalue weighted by atomic mass is 19.1. The minimum atomic E-state index is -0.853. The Morgan fingerprint density at radius 2 is 1.90 bits per heavy atom. The summed E-state index contributed by atoms with van der Waals surface area (Å²) in [4.78, 5) is 1.97. The molecule has 1 unspecified atom stereocenters. The molecule has 0 saturated carbocycles. The molecule has 0 aliphatic rings. The van der Waals surface area contributed by atoms with Gasteiger partial charge >= 0.3 is 0 Å². The molecule has 1 atom stereocenters. The van der Waals surface area contributed by atoms with Crippen LogP contribution in [0.15, 0.2) is 48.5 Å². The Hall–Kier alpha value is -2.07. The highest BCUT2D eigenvalue weighted by Gasteiger charge is 2.09. The van der Waals surface area contributed by atoms with Crippen LogP contribution in [0.4, 0.5) is 10.1 Å². The van der Waals surface area contributed by atoms with E-state index < -0.39 is 6.10 Å². The van der Waals surface area contributed by atoms with Crippen molar-refractivity contribution in [2.75, 3.05) is 25.6 Å². The number of hydrogen-bond acceptors (Lipinski definition) is 3. The molecule has 0 aliphatic heterocycles. The highest BCUT2D eigenvalue weighted by Crippen LogP contribution is 2.21. The SMILES string of the molecule is CN(C)c1cccc(OCC(O)c2cccc(F)c2)c1. The number of halogens is 1. The number of anilines is 1. The number of aliphatic hydroxyl groups excluding tert-OH is 1. The molecular formula is C16H18FNO2. The zero-order valence-electron chi connectivity index (χ0n) is 11.6. The maximum atomic E-state index is 13.1. The lowest BCUT2D eigenvalue weighted by Crippen LogP contribution is -2.11. The summed E-state index contributed by atoms with van der Waals surface area (Å²) in [6, 6.07) is 13.5. The van der Waals surface area contributed by atoms with Crippen LogP contribution in [0.1, 0.15) is 11.7 Å². The van der Waals surface area contributed by atoms with Crippen molar-refractivity contribution in [3.63, 3.8) is 0 Å². The maximum absolute atomic E-state index is 13.1. The Morgan fingerprint density at radius 1 is 1.15 bits per heavy atom. The first-order chi connectivity index (χ1) is 9.56. The first-order valence-corrected chi connectivity index (χ1v) is 6.40. The molecule has 3 nitrogen and oxygen atoms in total. The lowest BCUT2D eigenvalue weighted by molar-refractivity contribution is 0.108. The second-order valence-electron chi connectivity index (χ2n) is 4.77. The van der Waals surface area contributed by atoms with E-state index in [-0.39, 0.29) is 12.4 Å². The molecule has 0 spiro atoms. The van der Waals surface area contributed by atoms with E-state index in [4.69, 9.17) is 4.74 Å². The summed E-state index contributed by atoms with van der Waals surface area (Å²) >= 11 is 0. The Kier molecular flexibility index (Phi) is 4.58. The standard InChI is InChI=1S/C16H18FNO2/c1-18(2)14-7-4-8-15(10-14)20-11-16(19)12-5-3-6-13(17)9-12/h3-10,16,19H,11H2,1-2H3. The second-order valence-corrected chi connectivity index (χ2v) is 4.77. The van der Waals surface area contributed by atoms with Crippen molar-refractivity contribution in [3.8, 4) is 5.75 Å². The smallest absolute Gasteiger partial charge is 0.123 e. The van der Waals surface area contributed by atoms with E-state index in [1.54, 1.807) is 12.1 Å². The number of rotatable bonds is 5. The van der Waals surface area contributed by atoms with Crippen LogP contribution in [-0.4, -0.2) is 25.8 Å². The normalized spacial score (nSPS) is 12.0. The van der Waals surface area contributed by atoms with Gasteiger partial charge in [-0.15, -0.1) is 0 Å². The van der Waals surface area contributed by atoms with Crippen molar-refractivity contribution in [2.24, 2.45) is 0 Å². The Bertz CT molecular complexity index is 572. The molecule has 0 saturated heterocycles. The summed E-state index contributed by atoms with van der Waals surface area (Å²) in [6.45, 7) is 0.0837. The molecule has 0 aliphatic carbocycles. The quantitative estimate of drug-likeness (QED) is 0.910. The van der Waals surface area contributed by atoms with Crippen LogP contribution in [0.5, 0.6) is 5.75 Å². The molecular weight excluding hydrogens is 257 g/mol. The van der Waals surface area contributed by atoms with Gasteiger partial charge in [0.2, 0.25) is 0 Å².